The molecule has 0 aliphatic carbocycles. The average molecular weight is 443 g/mol. The summed E-state index contributed by atoms with van der Waals surface area (Å²) < 4.78 is 5.71. The molecule has 1 N–H and O–H groups in total. The van der Waals surface area contributed by atoms with Crippen LogP contribution in [0.1, 0.15) is 31.0 Å². The van der Waals surface area contributed by atoms with E-state index in [1.165, 1.54) is 4.90 Å². The Morgan fingerprint density at radius 1 is 1.10 bits per heavy atom. The zero-order chi connectivity index (χ0) is 22.7. The van der Waals surface area contributed by atoms with Crippen LogP contribution >= 0.6 is 11.6 Å². The number of likely N-dealkylation sites (tertiary alicyclic amines) is 1. The molecule has 0 spiro atoms. The molecule has 0 aromatic heterocycles. The first-order valence-corrected chi connectivity index (χ1v) is 10.5. The number of halogens is 1. The Morgan fingerprint density at radius 3 is 2.26 bits per heavy atom. The van der Waals surface area contributed by atoms with Crippen LogP contribution in [-0.4, -0.2) is 59.9 Å². The second kappa shape index (κ2) is 9.54. The van der Waals surface area contributed by atoms with Gasteiger partial charge in [0, 0.05) is 23.7 Å². The molecule has 1 aliphatic rings. The molecule has 2 aromatic carbocycles. The molecule has 0 unspecified atom stereocenters. The first-order valence-electron chi connectivity index (χ1n) is 10.1. The molecule has 6 nitrogen and oxygen atoms in total. The van der Waals surface area contributed by atoms with E-state index in [0.717, 1.165) is 5.56 Å². The maximum atomic E-state index is 13.0. The van der Waals surface area contributed by atoms with Crippen molar-refractivity contribution >= 4 is 29.1 Å². The number of rotatable bonds is 7. The van der Waals surface area contributed by atoms with Gasteiger partial charge >= 0.3 is 0 Å². The Bertz CT molecular complexity index is 982. The summed E-state index contributed by atoms with van der Waals surface area (Å²) in [5, 5.41) is 11.5. The number of aliphatic hydroxyl groups excluding tert-OH is 1. The lowest BCUT2D eigenvalue weighted by Crippen LogP contribution is -2.35. The molecule has 0 bridgehead atoms. The van der Waals surface area contributed by atoms with Crippen molar-refractivity contribution in [3.63, 3.8) is 0 Å². The van der Waals surface area contributed by atoms with Gasteiger partial charge in [0.15, 0.2) is 0 Å². The monoisotopic (exact) mass is 442 g/mol. The molecule has 1 fully saturated rings. The number of hydrogen-bond acceptors (Lipinski definition) is 5. The Hall–Kier alpha value is -2.83. The van der Waals surface area contributed by atoms with Gasteiger partial charge in [0.2, 0.25) is 0 Å². The van der Waals surface area contributed by atoms with Crippen LogP contribution < -0.4 is 4.74 Å². The molecule has 1 saturated heterocycles. The van der Waals surface area contributed by atoms with Crippen molar-refractivity contribution < 1.29 is 19.4 Å². The zero-order valence-electron chi connectivity index (χ0n) is 18.1. The van der Waals surface area contributed by atoms with Gasteiger partial charge in [0.05, 0.1) is 17.7 Å². The van der Waals surface area contributed by atoms with Gasteiger partial charge in [-0.1, -0.05) is 23.7 Å². The quantitative estimate of drug-likeness (QED) is 0.397. The summed E-state index contributed by atoms with van der Waals surface area (Å²) in [5.41, 5.74) is 1.23. The molecule has 2 aromatic rings. The second-order valence-electron chi connectivity index (χ2n) is 8.04. The fraction of sp³-hybridized carbons (Fsp3) is 0.333. The SMILES string of the molecule is CC(C)Oc1ccc([C@@H]2/C(=C(\O)c3ccc(Cl)cc3)C(=O)C(=O)N2CCN(C)C)cc1. The molecule has 0 saturated carbocycles. The van der Waals surface area contributed by atoms with Crippen LogP contribution in [0.2, 0.25) is 5.02 Å². The number of ketones is 1. The Balaban J connectivity index is 2.08. The van der Waals surface area contributed by atoms with Crippen molar-refractivity contribution in [2.45, 2.75) is 26.0 Å². The number of ether oxygens (including phenoxy) is 1. The molecular formula is C24H27ClN2O4. The number of aliphatic hydroxyl groups is 1. The highest BCUT2D eigenvalue weighted by Crippen LogP contribution is 2.39. The molecule has 7 heteroatoms. The highest BCUT2D eigenvalue weighted by molar-refractivity contribution is 6.46. The van der Waals surface area contributed by atoms with Crippen LogP contribution in [0.5, 0.6) is 5.75 Å². The van der Waals surface area contributed by atoms with Crippen LogP contribution in [0.25, 0.3) is 5.76 Å². The summed E-state index contributed by atoms with van der Waals surface area (Å²) in [5.74, 6) is -0.833. The van der Waals surface area contributed by atoms with Crippen LogP contribution in [0, 0.1) is 0 Å². The van der Waals surface area contributed by atoms with Gasteiger partial charge in [0.1, 0.15) is 11.5 Å². The maximum Gasteiger partial charge on any atom is 0.295 e. The predicted molar refractivity (Wildman–Crippen MR) is 121 cm³/mol. The van der Waals surface area contributed by atoms with Crippen LogP contribution in [-0.2, 0) is 9.59 Å². The number of carbonyl (C=O) groups is 2. The van der Waals surface area contributed by atoms with E-state index in [4.69, 9.17) is 16.3 Å². The molecule has 1 amide bonds. The summed E-state index contributed by atoms with van der Waals surface area (Å²) in [6.45, 7) is 4.81. The van der Waals surface area contributed by atoms with Gasteiger partial charge in [0.25, 0.3) is 11.7 Å². The van der Waals surface area contributed by atoms with E-state index >= 15 is 0 Å². The fourth-order valence-corrected chi connectivity index (χ4v) is 3.66. The van der Waals surface area contributed by atoms with E-state index in [2.05, 4.69) is 0 Å². The van der Waals surface area contributed by atoms with E-state index in [0.29, 0.717) is 29.4 Å². The third-order valence-electron chi connectivity index (χ3n) is 5.01. The van der Waals surface area contributed by atoms with Gasteiger partial charge in [-0.2, -0.15) is 0 Å². The molecule has 0 radical (unpaired) electrons. The Kier molecular flexibility index (Phi) is 7.03. The number of amides is 1. The first-order chi connectivity index (χ1) is 14.7. The minimum absolute atomic E-state index is 0.0291. The fourth-order valence-electron chi connectivity index (χ4n) is 3.53. The lowest BCUT2D eigenvalue weighted by Gasteiger charge is -2.26. The summed E-state index contributed by atoms with van der Waals surface area (Å²) >= 11 is 5.95. The van der Waals surface area contributed by atoms with Gasteiger partial charge in [-0.25, -0.2) is 0 Å². The average Bonchev–Trinajstić information content (AvgIpc) is 2.97. The molecular weight excluding hydrogens is 416 g/mol. The summed E-state index contributed by atoms with van der Waals surface area (Å²) in [4.78, 5) is 29.3. The van der Waals surface area contributed by atoms with E-state index in [1.807, 2.05) is 57.1 Å². The predicted octanol–water partition coefficient (Wildman–Crippen LogP) is 4.11. The number of likely N-dealkylation sites (N-methyl/N-ethyl adjacent to an activating group) is 1. The minimum Gasteiger partial charge on any atom is -0.507 e. The standard InChI is InChI=1S/C24H27ClN2O4/c1-15(2)31-19-11-7-16(8-12-19)21-20(22(28)17-5-9-18(25)10-6-17)23(29)24(30)27(21)14-13-26(3)4/h5-12,15,21,28H,13-14H2,1-4H3/b22-20+/t21-/m1/s1. The molecule has 1 heterocycles. The summed E-state index contributed by atoms with van der Waals surface area (Å²) in [6, 6.07) is 13.1. The zero-order valence-corrected chi connectivity index (χ0v) is 18.9. The minimum atomic E-state index is -0.696. The molecule has 164 valence electrons. The van der Waals surface area contributed by atoms with E-state index < -0.39 is 17.7 Å². The normalized spacial score (nSPS) is 18.3. The maximum absolute atomic E-state index is 13.0. The third kappa shape index (κ3) is 5.09. The van der Waals surface area contributed by atoms with Crippen molar-refractivity contribution in [2.24, 2.45) is 0 Å². The molecule has 1 atom stereocenters. The Labute approximate surface area is 187 Å². The van der Waals surface area contributed by atoms with Crippen molar-refractivity contribution in [2.75, 3.05) is 27.2 Å². The van der Waals surface area contributed by atoms with Crippen LogP contribution in [0.15, 0.2) is 54.1 Å². The van der Waals surface area contributed by atoms with E-state index in [9.17, 15) is 14.7 Å². The van der Waals surface area contributed by atoms with Crippen LogP contribution in [0.4, 0.5) is 0 Å². The smallest absolute Gasteiger partial charge is 0.295 e. The molecule has 31 heavy (non-hydrogen) atoms. The summed E-state index contributed by atoms with van der Waals surface area (Å²) in [7, 11) is 3.80. The van der Waals surface area contributed by atoms with Crippen molar-refractivity contribution in [1.82, 2.24) is 9.80 Å². The number of benzene rings is 2. The van der Waals surface area contributed by atoms with Crippen molar-refractivity contribution in [3.05, 3.63) is 70.3 Å². The lowest BCUT2D eigenvalue weighted by atomic mass is 9.95. The third-order valence-corrected chi connectivity index (χ3v) is 5.27. The van der Waals surface area contributed by atoms with Crippen molar-refractivity contribution in [1.29, 1.82) is 0 Å². The van der Waals surface area contributed by atoms with Gasteiger partial charge in [-0.15, -0.1) is 0 Å². The number of hydrogen-bond donors (Lipinski definition) is 1. The molecule has 3 rings (SSSR count). The summed E-state index contributed by atoms with van der Waals surface area (Å²) in [6.07, 6.45) is 0.0291. The van der Waals surface area contributed by atoms with Crippen molar-refractivity contribution in [3.8, 4) is 5.75 Å². The number of carbonyl (C=O) groups excluding carboxylic acids is 2. The van der Waals surface area contributed by atoms with Crippen LogP contribution in [0.3, 0.4) is 0 Å². The van der Waals surface area contributed by atoms with E-state index in [1.54, 1.807) is 24.3 Å². The molecule has 1 aliphatic heterocycles. The van der Waals surface area contributed by atoms with Gasteiger partial charge in [-0.05, 0) is 69.9 Å². The first kappa shape index (κ1) is 22.8. The Morgan fingerprint density at radius 2 is 1.71 bits per heavy atom. The largest absolute Gasteiger partial charge is 0.507 e. The highest BCUT2D eigenvalue weighted by atomic mass is 35.5. The number of nitrogens with zero attached hydrogens (tertiary/aromatic N) is 2. The lowest BCUT2D eigenvalue weighted by molar-refractivity contribution is -0.140. The highest BCUT2D eigenvalue weighted by Gasteiger charge is 2.45. The van der Waals surface area contributed by atoms with E-state index in [-0.39, 0.29) is 17.4 Å². The second-order valence-corrected chi connectivity index (χ2v) is 8.47. The van der Waals surface area contributed by atoms with Gasteiger partial charge in [-0.3, -0.25) is 9.59 Å². The topological polar surface area (TPSA) is 70.1 Å². The van der Waals surface area contributed by atoms with Gasteiger partial charge < -0.3 is 19.6 Å². The number of Topliss-reactive ketones (excluding diaryl/α,β-unsaturated/α-hetero) is 1.